The second kappa shape index (κ2) is 4.12. The molecule has 2 N–H and O–H groups in total. The number of hydrogen-bond donors (Lipinski definition) is 2. The van der Waals surface area contributed by atoms with E-state index in [-0.39, 0.29) is 11.1 Å². The van der Waals surface area contributed by atoms with Crippen LogP contribution in [0.3, 0.4) is 0 Å². The van der Waals surface area contributed by atoms with E-state index in [1.165, 1.54) is 12.3 Å². The fourth-order valence-corrected chi connectivity index (χ4v) is 4.03. The normalized spacial score (nSPS) is 32.8. The molecule has 2 fully saturated rings. The van der Waals surface area contributed by atoms with Gasteiger partial charge in [0.05, 0.1) is 6.26 Å². The first-order chi connectivity index (χ1) is 8.13. The van der Waals surface area contributed by atoms with Crippen molar-refractivity contribution in [2.24, 2.45) is 0 Å². The van der Waals surface area contributed by atoms with Crippen LogP contribution in [0.4, 0.5) is 0 Å². The van der Waals surface area contributed by atoms with Crippen molar-refractivity contribution < 1.29 is 12.8 Å². The topological polar surface area (TPSA) is 71.3 Å². The Hall–Kier alpha value is -0.850. The Bertz CT molecular complexity index is 471. The third kappa shape index (κ3) is 2.25. The molecule has 2 bridgehead atoms. The highest BCUT2D eigenvalue weighted by molar-refractivity contribution is 7.89. The van der Waals surface area contributed by atoms with Gasteiger partial charge in [-0.25, -0.2) is 13.1 Å². The van der Waals surface area contributed by atoms with Crippen molar-refractivity contribution in [1.82, 2.24) is 10.0 Å². The van der Waals surface area contributed by atoms with Gasteiger partial charge >= 0.3 is 0 Å². The van der Waals surface area contributed by atoms with Crippen molar-refractivity contribution in [1.29, 1.82) is 0 Å². The van der Waals surface area contributed by atoms with Crippen molar-refractivity contribution in [3.05, 3.63) is 18.4 Å². The van der Waals surface area contributed by atoms with E-state index in [1.807, 2.05) is 0 Å². The molecule has 3 rings (SSSR count). The van der Waals surface area contributed by atoms with Gasteiger partial charge in [0, 0.05) is 18.1 Å². The first kappa shape index (κ1) is 11.3. The largest absolute Gasteiger partial charge is 0.452 e. The molecule has 2 unspecified atom stereocenters. The monoisotopic (exact) mass is 256 g/mol. The number of nitrogens with one attached hydrogen (secondary N) is 2. The summed E-state index contributed by atoms with van der Waals surface area (Å²) in [7, 11) is -3.48. The van der Waals surface area contributed by atoms with Crippen LogP contribution >= 0.6 is 0 Å². The lowest BCUT2D eigenvalue weighted by Crippen LogP contribution is -2.47. The van der Waals surface area contributed by atoms with E-state index < -0.39 is 10.0 Å². The Morgan fingerprint density at radius 1 is 1.29 bits per heavy atom. The van der Waals surface area contributed by atoms with E-state index in [4.69, 9.17) is 4.42 Å². The fraction of sp³-hybridized carbons (Fsp3) is 0.636. The standard InChI is InChI=1S/C11H16N2O3S/c14-17(15,11-2-1-5-16-11)13-10-6-8-3-4-9(7-10)12-8/h1-2,5,8-10,12-13H,3-4,6-7H2. The van der Waals surface area contributed by atoms with Gasteiger partial charge in [-0.3, -0.25) is 0 Å². The highest BCUT2D eigenvalue weighted by atomic mass is 32.2. The molecule has 94 valence electrons. The summed E-state index contributed by atoms with van der Waals surface area (Å²) >= 11 is 0. The Labute approximate surface area is 101 Å². The van der Waals surface area contributed by atoms with Crippen LogP contribution in [0.25, 0.3) is 0 Å². The Morgan fingerprint density at radius 2 is 2.00 bits per heavy atom. The Balaban J connectivity index is 1.71. The summed E-state index contributed by atoms with van der Waals surface area (Å²) in [4.78, 5) is 0. The second-order valence-electron chi connectivity index (χ2n) is 4.86. The second-order valence-corrected chi connectivity index (χ2v) is 6.50. The van der Waals surface area contributed by atoms with Gasteiger partial charge in [0.15, 0.2) is 0 Å². The van der Waals surface area contributed by atoms with Crippen molar-refractivity contribution in [3.63, 3.8) is 0 Å². The number of fused-ring (bicyclic) bond motifs is 2. The molecule has 6 heteroatoms. The molecule has 2 saturated heterocycles. The highest BCUT2D eigenvalue weighted by Crippen LogP contribution is 2.27. The summed E-state index contributed by atoms with van der Waals surface area (Å²) in [6.45, 7) is 0. The third-order valence-electron chi connectivity index (χ3n) is 3.55. The van der Waals surface area contributed by atoms with Crippen LogP contribution in [0.2, 0.25) is 0 Å². The van der Waals surface area contributed by atoms with Gasteiger partial charge in [-0.05, 0) is 37.8 Å². The molecule has 0 saturated carbocycles. The van der Waals surface area contributed by atoms with E-state index >= 15 is 0 Å². The van der Waals surface area contributed by atoms with Gasteiger partial charge in [-0.1, -0.05) is 0 Å². The van der Waals surface area contributed by atoms with Crippen molar-refractivity contribution in [3.8, 4) is 0 Å². The van der Waals surface area contributed by atoms with E-state index in [0.29, 0.717) is 12.1 Å². The van der Waals surface area contributed by atoms with E-state index in [9.17, 15) is 8.42 Å². The van der Waals surface area contributed by atoms with Gasteiger partial charge in [0.2, 0.25) is 5.09 Å². The highest BCUT2D eigenvalue weighted by Gasteiger charge is 2.35. The van der Waals surface area contributed by atoms with Crippen LogP contribution in [0.5, 0.6) is 0 Å². The van der Waals surface area contributed by atoms with Gasteiger partial charge in [0.1, 0.15) is 0 Å². The van der Waals surface area contributed by atoms with Gasteiger partial charge in [0.25, 0.3) is 10.0 Å². The van der Waals surface area contributed by atoms with Crippen molar-refractivity contribution in [2.45, 2.75) is 48.9 Å². The lowest BCUT2D eigenvalue weighted by atomic mass is 10.0. The predicted molar refractivity (Wildman–Crippen MR) is 62.0 cm³/mol. The number of furan rings is 1. The summed E-state index contributed by atoms with van der Waals surface area (Å²) in [5.74, 6) is 0. The minimum absolute atomic E-state index is 0.00313. The number of hydrogen-bond acceptors (Lipinski definition) is 4. The molecule has 17 heavy (non-hydrogen) atoms. The molecule has 0 spiro atoms. The van der Waals surface area contributed by atoms with Crippen LogP contribution in [0.1, 0.15) is 25.7 Å². The molecule has 3 heterocycles. The first-order valence-corrected chi connectivity index (χ1v) is 7.44. The summed E-state index contributed by atoms with van der Waals surface area (Å²) in [6, 6.07) is 4.03. The van der Waals surface area contributed by atoms with E-state index in [2.05, 4.69) is 10.0 Å². The van der Waals surface area contributed by atoms with E-state index in [0.717, 1.165) is 25.7 Å². The average Bonchev–Trinajstić information content (AvgIpc) is 2.88. The summed E-state index contributed by atoms with van der Waals surface area (Å²) in [6.07, 6.45) is 5.43. The lowest BCUT2D eigenvalue weighted by Gasteiger charge is -2.29. The van der Waals surface area contributed by atoms with Gasteiger partial charge in [-0.2, -0.15) is 0 Å². The van der Waals surface area contributed by atoms with Crippen LogP contribution in [-0.4, -0.2) is 26.5 Å². The van der Waals surface area contributed by atoms with Gasteiger partial charge < -0.3 is 9.73 Å². The first-order valence-electron chi connectivity index (χ1n) is 5.95. The van der Waals surface area contributed by atoms with Crippen LogP contribution in [0, 0.1) is 0 Å². The quantitative estimate of drug-likeness (QED) is 0.840. The lowest BCUT2D eigenvalue weighted by molar-refractivity contribution is 0.342. The van der Waals surface area contributed by atoms with Crippen LogP contribution < -0.4 is 10.0 Å². The smallest absolute Gasteiger partial charge is 0.274 e. The summed E-state index contributed by atoms with van der Waals surface area (Å²) < 4.78 is 31.6. The Kier molecular flexibility index (Phi) is 2.72. The average molecular weight is 256 g/mol. The zero-order chi connectivity index (χ0) is 11.9. The van der Waals surface area contributed by atoms with Crippen LogP contribution in [-0.2, 0) is 10.0 Å². The molecular weight excluding hydrogens is 240 g/mol. The molecule has 2 aliphatic rings. The third-order valence-corrected chi connectivity index (χ3v) is 4.96. The molecule has 2 aliphatic heterocycles. The van der Waals surface area contributed by atoms with Crippen molar-refractivity contribution in [2.75, 3.05) is 0 Å². The number of rotatable bonds is 3. The maximum absolute atomic E-state index is 12.0. The maximum atomic E-state index is 12.0. The number of sulfonamides is 1. The summed E-state index contributed by atoms with van der Waals surface area (Å²) in [5.41, 5.74) is 0. The molecule has 0 radical (unpaired) electrons. The minimum Gasteiger partial charge on any atom is -0.452 e. The molecular formula is C11H16N2O3S. The zero-order valence-electron chi connectivity index (χ0n) is 9.43. The van der Waals surface area contributed by atoms with Gasteiger partial charge in [-0.15, -0.1) is 0 Å². The fourth-order valence-electron chi connectivity index (χ4n) is 2.85. The van der Waals surface area contributed by atoms with Crippen molar-refractivity contribution >= 4 is 10.0 Å². The maximum Gasteiger partial charge on any atom is 0.274 e. The molecule has 0 amide bonds. The van der Waals surface area contributed by atoms with E-state index in [1.54, 1.807) is 6.07 Å². The summed E-state index contributed by atoms with van der Waals surface area (Å²) in [5, 5.41) is 3.49. The SMILES string of the molecule is O=S(=O)(NC1CC2CCC(C1)N2)c1ccco1. The zero-order valence-corrected chi connectivity index (χ0v) is 10.2. The molecule has 5 nitrogen and oxygen atoms in total. The molecule has 0 aromatic carbocycles. The molecule has 1 aromatic rings. The minimum atomic E-state index is -3.48. The molecule has 2 atom stereocenters. The Morgan fingerprint density at radius 3 is 2.59 bits per heavy atom. The number of piperidine rings is 1. The van der Waals surface area contributed by atoms with Crippen LogP contribution in [0.15, 0.2) is 27.9 Å². The molecule has 1 aromatic heterocycles. The molecule has 0 aliphatic carbocycles. The predicted octanol–water partition coefficient (Wildman–Crippen LogP) is 0.841.